The van der Waals surface area contributed by atoms with Crippen molar-refractivity contribution in [1.82, 2.24) is 14.0 Å². The zero-order chi connectivity index (χ0) is 17.3. The largest absolute Gasteiger partial charge is 0.367 e. The van der Waals surface area contributed by atoms with Gasteiger partial charge in [-0.1, -0.05) is 29.8 Å². The van der Waals surface area contributed by atoms with Crippen LogP contribution in [0.25, 0.3) is 0 Å². The molecule has 3 rings (SSSR count). The zero-order valence-corrected chi connectivity index (χ0v) is 14.5. The van der Waals surface area contributed by atoms with Gasteiger partial charge in [0.1, 0.15) is 5.82 Å². The molecule has 1 N–H and O–H groups in total. The fraction of sp³-hybridized carbons (Fsp3) is 0.444. The molecule has 0 radical (unpaired) electrons. The predicted molar refractivity (Wildman–Crippen MR) is 95.4 cm³/mol. The van der Waals surface area contributed by atoms with Crippen LogP contribution in [0.4, 0.5) is 5.82 Å². The Kier molecular flexibility index (Phi) is 4.57. The second-order valence-electron chi connectivity index (χ2n) is 6.62. The van der Waals surface area contributed by atoms with Crippen LogP contribution in [-0.2, 0) is 20.6 Å². The number of aromatic nitrogens is 2. The molecule has 1 fully saturated rings. The molecule has 1 aromatic carbocycles. The maximum atomic E-state index is 12.0. The lowest BCUT2D eigenvalue weighted by Crippen LogP contribution is -2.39. The first-order valence-electron chi connectivity index (χ1n) is 8.25. The van der Waals surface area contributed by atoms with Crippen molar-refractivity contribution in [3.05, 3.63) is 62.3 Å². The molecule has 6 heteroatoms. The highest BCUT2D eigenvalue weighted by Crippen LogP contribution is 2.17. The van der Waals surface area contributed by atoms with E-state index in [1.54, 1.807) is 7.05 Å². The Morgan fingerprint density at radius 3 is 2.54 bits per heavy atom. The van der Waals surface area contributed by atoms with Crippen LogP contribution in [0, 0.1) is 6.92 Å². The van der Waals surface area contributed by atoms with Crippen molar-refractivity contribution in [2.24, 2.45) is 14.1 Å². The SMILES string of the molecule is Cc1ccc(CN2CCC(Nc3cc(=O)n(C)c(=O)n3C)C2)cc1. The Morgan fingerprint density at radius 2 is 1.83 bits per heavy atom. The summed E-state index contributed by atoms with van der Waals surface area (Å²) in [6, 6.07) is 10.3. The molecule has 1 atom stereocenters. The van der Waals surface area contributed by atoms with Crippen LogP contribution in [0.1, 0.15) is 17.5 Å². The number of nitrogens with one attached hydrogen (secondary N) is 1. The van der Waals surface area contributed by atoms with Crippen LogP contribution < -0.4 is 16.6 Å². The van der Waals surface area contributed by atoms with Crippen molar-refractivity contribution in [2.75, 3.05) is 18.4 Å². The molecule has 0 aliphatic carbocycles. The predicted octanol–water partition coefficient (Wildman–Crippen LogP) is 1.08. The van der Waals surface area contributed by atoms with Gasteiger partial charge in [0, 0.05) is 45.8 Å². The number of hydrogen-bond acceptors (Lipinski definition) is 4. The van der Waals surface area contributed by atoms with E-state index in [-0.39, 0.29) is 17.3 Å². The van der Waals surface area contributed by atoms with Gasteiger partial charge in [-0.25, -0.2) is 4.79 Å². The topological polar surface area (TPSA) is 59.3 Å². The van der Waals surface area contributed by atoms with E-state index < -0.39 is 0 Å². The van der Waals surface area contributed by atoms with Gasteiger partial charge in [0.15, 0.2) is 0 Å². The molecule has 1 aromatic heterocycles. The summed E-state index contributed by atoms with van der Waals surface area (Å²) in [5, 5.41) is 3.35. The van der Waals surface area contributed by atoms with Crippen LogP contribution in [0.5, 0.6) is 0 Å². The molecule has 0 saturated carbocycles. The van der Waals surface area contributed by atoms with E-state index in [4.69, 9.17) is 0 Å². The number of aryl methyl sites for hydroxylation is 1. The molecule has 0 spiro atoms. The number of likely N-dealkylation sites (tertiary alicyclic amines) is 1. The highest BCUT2D eigenvalue weighted by molar-refractivity contribution is 5.35. The fourth-order valence-corrected chi connectivity index (χ4v) is 3.13. The molecule has 1 saturated heterocycles. The molecule has 1 aliphatic rings. The van der Waals surface area contributed by atoms with Crippen molar-refractivity contribution in [3.63, 3.8) is 0 Å². The summed E-state index contributed by atoms with van der Waals surface area (Å²) in [7, 11) is 3.18. The van der Waals surface area contributed by atoms with E-state index in [9.17, 15) is 9.59 Å². The van der Waals surface area contributed by atoms with Gasteiger partial charge in [-0.05, 0) is 18.9 Å². The highest BCUT2D eigenvalue weighted by atomic mass is 16.2. The molecule has 2 aromatic rings. The summed E-state index contributed by atoms with van der Waals surface area (Å²) >= 11 is 0. The molecular weight excluding hydrogens is 304 g/mol. The monoisotopic (exact) mass is 328 g/mol. The summed E-state index contributed by atoms with van der Waals surface area (Å²) in [6.07, 6.45) is 0.995. The van der Waals surface area contributed by atoms with Gasteiger partial charge in [0.25, 0.3) is 5.56 Å². The molecular formula is C18H24N4O2. The fourth-order valence-electron chi connectivity index (χ4n) is 3.13. The molecule has 0 bridgehead atoms. The van der Waals surface area contributed by atoms with E-state index in [1.165, 1.54) is 28.8 Å². The molecule has 128 valence electrons. The second kappa shape index (κ2) is 6.65. The maximum Gasteiger partial charge on any atom is 0.332 e. The summed E-state index contributed by atoms with van der Waals surface area (Å²) in [5.41, 5.74) is 1.99. The van der Waals surface area contributed by atoms with Crippen molar-refractivity contribution in [3.8, 4) is 0 Å². The quantitative estimate of drug-likeness (QED) is 0.912. The van der Waals surface area contributed by atoms with E-state index >= 15 is 0 Å². The zero-order valence-electron chi connectivity index (χ0n) is 14.5. The van der Waals surface area contributed by atoms with E-state index in [2.05, 4.69) is 41.4 Å². The lowest BCUT2D eigenvalue weighted by Gasteiger charge is -2.19. The number of anilines is 1. The van der Waals surface area contributed by atoms with Gasteiger partial charge >= 0.3 is 5.69 Å². The van der Waals surface area contributed by atoms with Crippen LogP contribution in [0.3, 0.4) is 0 Å². The van der Waals surface area contributed by atoms with E-state index in [0.29, 0.717) is 5.82 Å². The Hall–Kier alpha value is -2.34. The molecule has 0 amide bonds. The molecule has 1 unspecified atom stereocenters. The van der Waals surface area contributed by atoms with Crippen LogP contribution in [0.15, 0.2) is 39.9 Å². The van der Waals surface area contributed by atoms with E-state index in [1.807, 2.05) is 0 Å². The minimum Gasteiger partial charge on any atom is -0.367 e. The normalized spacial score (nSPS) is 18.0. The maximum absolute atomic E-state index is 12.0. The number of rotatable bonds is 4. The van der Waals surface area contributed by atoms with Crippen molar-refractivity contribution in [2.45, 2.75) is 25.9 Å². The first-order valence-corrected chi connectivity index (χ1v) is 8.25. The summed E-state index contributed by atoms with van der Waals surface area (Å²) < 4.78 is 2.60. The van der Waals surface area contributed by atoms with Gasteiger partial charge in [-0.15, -0.1) is 0 Å². The van der Waals surface area contributed by atoms with Crippen LogP contribution in [0.2, 0.25) is 0 Å². The highest BCUT2D eigenvalue weighted by Gasteiger charge is 2.23. The minimum atomic E-state index is -0.306. The average molecular weight is 328 g/mol. The number of benzene rings is 1. The third-order valence-electron chi connectivity index (χ3n) is 4.68. The van der Waals surface area contributed by atoms with Crippen LogP contribution in [-0.4, -0.2) is 33.2 Å². The third-order valence-corrected chi connectivity index (χ3v) is 4.68. The van der Waals surface area contributed by atoms with Crippen LogP contribution >= 0.6 is 0 Å². The van der Waals surface area contributed by atoms with Gasteiger partial charge in [-0.2, -0.15) is 0 Å². The van der Waals surface area contributed by atoms with Gasteiger partial charge in [0.2, 0.25) is 0 Å². The molecule has 24 heavy (non-hydrogen) atoms. The first-order chi connectivity index (χ1) is 11.4. The summed E-state index contributed by atoms with van der Waals surface area (Å²) in [4.78, 5) is 26.2. The lowest BCUT2D eigenvalue weighted by molar-refractivity contribution is 0.328. The Bertz CT molecular complexity index is 836. The first kappa shape index (κ1) is 16.5. The van der Waals surface area contributed by atoms with Gasteiger partial charge in [0.05, 0.1) is 0 Å². The number of nitrogens with zero attached hydrogens (tertiary/aromatic N) is 3. The van der Waals surface area contributed by atoms with E-state index in [0.717, 1.165) is 30.6 Å². The molecule has 6 nitrogen and oxygen atoms in total. The molecule has 2 heterocycles. The lowest BCUT2D eigenvalue weighted by atomic mass is 10.1. The standard InChI is InChI=1S/C18H24N4O2/c1-13-4-6-14(7-5-13)11-22-9-8-15(12-22)19-16-10-17(23)21(3)18(24)20(16)2/h4-7,10,15,19H,8-9,11-12H2,1-3H3. The van der Waals surface area contributed by atoms with Crippen molar-refractivity contribution >= 4 is 5.82 Å². The minimum absolute atomic E-state index is 0.244. The number of hydrogen-bond donors (Lipinski definition) is 1. The van der Waals surface area contributed by atoms with Gasteiger partial charge in [-0.3, -0.25) is 18.8 Å². The van der Waals surface area contributed by atoms with Gasteiger partial charge < -0.3 is 5.32 Å². The van der Waals surface area contributed by atoms with Crippen molar-refractivity contribution in [1.29, 1.82) is 0 Å². The smallest absolute Gasteiger partial charge is 0.332 e. The molecule has 1 aliphatic heterocycles. The average Bonchev–Trinajstić information content (AvgIpc) is 3.00. The summed E-state index contributed by atoms with van der Waals surface area (Å²) in [5.74, 6) is 0.588. The van der Waals surface area contributed by atoms with Crippen molar-refractivity contribution < 1.29 is 0 Å². The Balaban J connectivity index is 1.65. The Morgan fingerprint density at radius 1 is 1.12 bits per heavy atom. The third kappa shape index (κ3) is 3.43. The second-order valence-corrected chi connectivity index (χ2v) is 6.62. The Labute approximate surface area is 141 Å². The summed E-state index contributed by atoms with van der Waals surface area (Å²) in [6.45, 7) is 4.92.